The third kappa shape index (κ3) is 4.52. The van der Waals surface area contributed by atoms with Crippen LogP contribution in [0.1, 0.15) is 5.56 Å². The fraction of sp³-hybridized carbons (Fsp3) is 0.0556. The van der Waals surface area contributed by atoms with Crippen molar-refractivity contribution in [3.63, 3.8) is 0 Å². The molecular formula is C18H18ClN. The van der Waals surface area contributed by atoms with Gasteiger partial charge < -0.3 is 0 Å². The predicted molar refractivity (Wildman–Crippen MR) is 89.3 cm³/mol. The molecule has 0 aliphatic carbocycles. The van der Waals surface area contributed by atoms with Crippen molar-refractivity contribution < 1.29 is 0 Å². The van der Waals surface area contributed by atoms with Crippen LogP contribution in [0.5, 0.6) is 0 Å². The smallest absolute Gasteiger partial charge is 0.0267 e. The van der Waals surface area contributed by atoms with Crippen LogP contribution in [0.25, 0.3) is 10.8 Å². The Morgan fingerprint density at radius 2 is 1.55 bits per heavy atom. The molecule has 0 aliphatic heterocycles. The van der Waals surface area contributed by atoms with E-state index in [0.29, 0.717) is 0 Å². The van der Waals surface area contributed by atoms with E-state index in [9.17, 15) is 0 Å². The van der Waals surface area contributed by atoms with E-state index in [1.165, 1.54) is 16.3 Å². The molecule has 0 unspecified atom stereocenters. The van der Waals surface area contributed by atoms with Gasteiger partial charge in [-0.15, -0.1) is 19.0 Å². The topological polar surface area (TPSA) is 12.9 Å². The second-order valence-electron chi connectivity index (χ2n) is 4.16. The molecule has 2 aromatic carbocycles. The molecule has 0 N–H and O–H groups in total. The summed E-state index contributed by atoms with van der Waals surface area (Å²) in [6, 6.07) is 20.6. The molecule has 2 heteroatoms. The van der Waals surface area contributed by atoms with Gasteiger partial charge in [0.2, 0.25) is 0 Å². The van der Waals surface area contributed by atoms with E-state index < -0.39 is 0 Å². The summed E-state index contributed by atoms with van der Waals surface area (Å²) in [5.41, 5.74) is 1.35. The Labute approximate surface area is 126 Å². The standard InChI is InChI=1S/C13H12.C5H5N.ClH/c1-2-6-11-8-5-9-12-7-3-4-10-13(11)12;1-2-4-6-5-3-1;/h2-5,7-10H,1,6H2;1-5H;1H. The molecule has 0 saturated heterocycles. The monoisotopic (exact) mass is 283 g/mol. The van der Waals surface area contributed by atoms with Gasteiger partial charge in [0.05, 0.1) is 0 Å². The molecule has 0 amide bonds. The number of fused-ring (bicyclic) bond motifs is 1. The minimum absolute atomic E-state index is 0. The van der Waals surface area contributed by atoms with Gasteiger partial charge in [0.15, 0.2) is 0 Å². The van der Waals surface area contributed by atoms with Crippen molar-refractivity contribution >= 4 is 23.2 Å². The summed E-state index contributed by atoms with van der Waals surface area (Å²) >= 11 is 0. The molecule has 1 aromatic heterocycles. The third-order valence-corrected chi connectivity index (χ3v) is 2.81. The highest BCUT2D eigenvalue weighted by molar-refractivity contribution is 5.86. The molecule has 0 aliphatic rings. The second-order valence-corrected chi connectivity index (χ2v) is 4.16. The maximum absolute atomic E-state index is 3.78. The lowest BCUT2D eigenvalue weighted by Crippen LogP contribution is -1.82. The summed E-state index contributed by atoms with van der Waals surface area (Å²) in [6.45, 7) is 3.76. The molecule has 0 bridgehead atoms. The van der Waals surface area contributed by atoms with Crippen molar-refractivity contribution in [2.45, 2.75) is 6.42 Å². The first-order chi connectivity index (χ1) is 9.42. The Balaban J connectivity index is 0.000000243. The summed E-state index contributed by atoms with van der Waals surface area (Å²) < 4.78 is 0. The average molecular weight is 284 g/mol. The quantitative estimate of drug-likeness (QED) is 0.598. The van der Waals surface area contributed by atoms with Gasteiger partial charge in [0, 0.05) is 12.4 Å². The SMILES string of the molecule is C=CCc1cccc2ccccc12.Cl.c1ccncc1. The van der Waals surface area contributed by atoms with E-state index >= 15 is 0 Å². The first-order valence-corrected chi connectivity index (χ1v) is 6.34. The van der Waals surface area contributed by atoms with Gasteiger partial charge in [-0.05, 0) is 34.9 Å². The van der Waals surface area contributed by atoms with E-state index in [4.69, 9.17) is 0 Å². The van der Waals surface area contributed by atoms with Gasteiger partial charge in [0.1, 0.15) is 0 Å². The lowest BCUT2D eigenvalue weighted by Gasteiger charge is -2.02. The molecule has 1 heterocycles. The van der Waals surface area contributed by atoms with Crippen LogP contribution in [0, 0.1) is 0 Å². The van der Waals surface area contributed by atoms with Crippen LogP contribution in [0.3, 0.4) is 0 Å². The second kappa shape index (κ2) is 8.89. The van der Waals surface area contributed by atoms with Crippen molar-refractivity contribution in [2.24, 2.45) is 0 Å². The molecular weight excluding hydrogens is 266 g/mol. The zero-order chi connectivity index (χ0) is 13.3. The molecule has 0 saturated carbocycles. The molecule has 3 rings (SSSR count). The van der Waals surface area contributed by atoms with Crippen molar-refractivity contribution in [3.05, 3.63) is 91.3 Å². The summed E-state index contributed by atoms with van der Waals surface area (Å²) in [5.74, 6) is 0. The summed E-state index contributed by atoms with van der Waals surface area (Å²) in [7, 11) is 0. The largest absolute Gasteiger partial charge is 0.265 e. The molecule has 0 fully saturated rings. The minimum atomic E-state index is 0. The van der Waals surface area contributed by atoms with Crippen molar-refractivity contribution in [1.82, 2.24) is 4.98 Å². The van der Waals surface area contributed by atoms with Gasteiger partial charge in [-0.25, -0.2) is 0 Å². The van der Waals surface area contributed by atoms with E-state index in [2.05, 4.69) is 54.0 Å². The number of hydrogen-bond donors (Lipinski definition) is 0. The number of hydrogen-bond acceptors (Lipinski definition) is 1. The average Bonchev–Trinajstić information content (AvgIpc) is 2.50. The van der Waals surface area contributed by atoms with E-state index in [-0.39, 0.29) is 12.4 Å². The van der Waals surface area contributed by atoms with E-state index in [1.807, 2.05) is 24.3 Å². The van der Waals surface area contributed by atoms with Crippen LogP contribution >= 0.6 is 12.4 Å². The number of allylic oxidation sites excluding steroid dienone is 1. The molecule has 1 nitrogen and oxygen atoms in total. The van der Waals surface area contributed by atoms with Crippen molar-refractivity contribution in [3.8, 4) is 0 Å². The molecule has 3 aromatic rings. The Kier molecular flexibility index (Phi) is 7.08. The highest BCUT2D eigenvalue weighted by atomic mass is 35.5. The number of halogens is 1. The predicted octanol–water partition coefficient (Wildman–Crippen LogP) is 5.07. The maximum Gasteiger partial charge on any atom is 0.0267 e. The normalized spacial score (nSPS) is 9.00. The van der Waals surface area contributed by atoms with Crippen LogP contribution in [0.4, 0.5) is 0 Å². The summed E-state index contributed by atoms with van der Waals surface area (Å²) in [6.07, 6.45) is 6.39. The van der Waals surface area contributed by atoms with Crippen LogP contribution in [-0.4, -0.2) is 4.98 Å². The summed E-state index contributed by atoms with van der Waals surface area (Å²) in [4.78, 5) is 3.78. The molecule has 0 spiro atoms. The zero-order valence-corrected chi connectivity index (χ0v) is 12.1. The number of rotatable bonds is 2. The van der Waals surface area contributed by atoms with E-state index in [0.717, 1.165) is 6.42 Å². The molecule has 20 heavy (non-hydrogen) atoms. The lowest BCUT2D eigenvalue weighted by molar-refractivity contribution is 1.31. The minimum Gasteiger partial charge on any atom is -0.265 e. The number of pyridine rings is 1. The van der Waals surface area contributed by atoms with Gasteiger partial charge in [-0.1, -0.05) is 54.6 Å². The Hall–Kier alpha value is -2.12. The Bertz CT molecular complexity index is 603. The first kappa shape index (κ1) is 15.9. The Morgan fingerprint density at radius 1 is 0.850 bits per heavy atom. The highest BCUT2D eigenvalue weighted by Gasteiger charge is 1.96. The zero-order valence-electron chi connectivity index (χ0n) is 11.3. The first-order valence-electron chi connectivity index (χ1n) is 6.34. The number of nitrogens with zero attached hydrogens (tertiary/aromatic N) is 1. The fourth-order valence-corrected chi connectivity index (χ4v) is 1.94. The highest BCUT2D eigenvalue weighted by Crippen LogP contribution is 2.18. The molecule has 0 radical (unpaired) electrons. The van der Waals surface area contributed by atoms with Gasteiger partial charge in [-0.2, -0.15) is 0 Å². The van der Waals surface area contributed by atoms with Gasteiger partial charge in [0.25, 0.3) is 0 Å². The Morgan fingerprint density at radius 3 is 2.15 bits per heavy atom. The van der Waals surface area contributed by atoms with Crippen LogP contribution in [0.2, 0.25) is 0 Å². The van der Waals surface area contributed by atoms with Crippen molar-refractivity contribution in [2.75, 3.05) is 0 Å². The lowest BCUT2D eigenvalue weighted by atomic mass is 10.0. The molecule has 0 atom stereocenters. The van der Waals surface area contributed by atoms with Gasteiger partial charge in [-0.3, -0.25) is 4.98 Å². The maximum atomic E-state index is 3.78. The third-order valence-electron chi connectivity index (χ3n) is 2.81. The van der Waals surface area contributed by atoms with Gasteiger partial charge >= 0.3 is 0 Å². The molecule has 102 valence electrons. The van der Waals surface area contributed by atoms with Crippen LogP contribution in [-0.2, 0) is 6.42 Å². The summed E-state index contributed by atoms with van der Waals surface area (Å²) in [5, 5.41) is 2.65. The van der Waals surface area contributed by atoms with Crippen molar-refractivity contribution in [1.29, 1.82) is 0 Å². The van der Waals surface area contributed by atoms with Crippen LogP contribution in [0.15, 0.2) is 85.7 Å². The fourth-order valence-electron chi connectivity index (χ4n) is 1.94. The number of benzene rings is 2. The van der Waals surface area contributed by atoms with E-state index in [1.54, 1.807) is 12.4 Å². The number of aromatic nitrogens is 1. The van der Waals surface area contributed by atoms with Crippen LogP contribution < -0.4 is 0 Å².